The lowest BCUT2D eigenvalue weighted by Gasteiger charge is -2.17. The van der Waals surface area contributed by atoms with Crippen molar-refractivity contribution in [2.75, 3.05) is 12.8 Å². The summed E-state index contributed by atoms with van der Waals surface area (Å²) in [5.41, 5.74) is 8.24. The van der Waals surface area contributed by atoms with Crippen molar-refractivity contribution in [3.05, 3.63) is 59.7 Å². The lowest BCUT2D eigenvalue weighted by Crippen LogP contribution is -2.28. The second kappa shape index (κ2) is 6.79. The molecule has 1 atom stereocenters. The average Bonchev–Trinajstić information content (AvgIpc) is 2.47. The first-order valence-electron chi connectivity index (χ1n) is 6.87. The maximum absolute atomic E-state index is 12.1. The minimum Gasteiger partial charge on any atom is -0.496 e. The van der Waals surface area contributed by atoms with E-state index < -0.39 is 0 Å². The molecule has 4 nitrogen and oxygen atoms in total. The van der Waals surface area contributed by atoms with Crippen LogP contribution >= 0.6 is 0 Å². The number of para-hydroxylation sites is 1. The van der Waals surface area contributed by atoms with Gasteiger partial charge in [-0.25, -0.2) is 0 Å². The Balaban J connectivity index is 2.02. The van der Waals surface area contributed by atoms with Gasteiger partial charge in [0.15, 0.2) is 0 Å². The SMILES string of the molecule is COc1ccccc1[C@H](C)NC(=O)Cc1cccc(N)c1. The number of carbonyl (C=O) groups is 1. The van der Waals surface area contributed by atoms with Gasteiger partial charge in [-0.05, 0) is 30.7 Å². The number of anilines is 1. The summed E-state index contributed by atoms with van der Waals surface area (Å²) in [6, 6.07) is 14.9. The Labute approximate surface area is 124 Å². The van der Waals surface area contributed by atoms with Crippen LogP contribution in [0.15, 0.2) is 48.5 Å². The Morgan fingerprint density at radius 2 is 2.00 bits per heavy atom. The lowest BCUT2D eigenvalue weighted by atomic mass is 10.1. The summed E-state index contributed by atoms with van der Waals surface area (Å²) >= 11 is 0. The van der Waals surface area contributed by atoms with Gasteiger partial charge in [-0.15, -0.1) is 0 Å². The number of nitrogen functional groups attached to an aromatic ring is 1. The molecule has 0 aliphatic rings. The maximum Gasteiger partial charge on any atom is 0.224 e. The van der Waals surface area contributed by atoms with Crippen molar-refractivity contribution in [3.63, 3.8) is 0 Å². The fraction of sp³-hybridized carbons (Fsp3) is 0.235. The van der Waals surface area contributed by atoms with E-state index in [1.165, 1.54) is 0 Å². The number of hydrogen-bond donors (Lipinski definition) is 2. The molecular formula is C17H20N2O2. The number of rotatable bonds is 5. The normalized spacial score (nSPS) is 11.7. The van der Waals surface area contributed by atoms with E-state index in [9.17, 15) is 4.79 Å². The van der Waals surface area contributed by atoms with Crippen molar-refractivity contribution in [2.45, 2.75) is 19.4 Å². The number of carbonyl (C=O) groups excluding carboxylic acids is 1. The Morgan fingerprint density at radius 1 is 1.24 bits per heavy atom. The van der Waals surface area contributed by atoms with Gasteiger partial charge in [0.25, 0.3) is 0 Å². The highest BCUT2D eigenvalue weighted by molar-refractivity contribution is 5.79. The summed E-state index contributed by atoms with van der Waals surface area (Å²) in [7, 11) is 1.63. The number of nitrogens with one attached hydrogen (secondary N) is 1. The predicted molar refractivity (Wildman–Crippen MR) is 84.1 cm³/mol. The molecule has 0 radical (unpaired) electrons. The quantitative estimate of drug-likeness (QED) is 0.830. The van der Waals surface area contributed by atoms with Gasteiger partial charge in [-0.1, -0.05) is 30.3 Å². The Bertz CT molecular complexity index is 626. The van der Waals surface area contributed by atoms with E-state index >= 15 is 0 Å². The van der Waals surface area contributed by atoms with Gasteiger partial charge in [0.2, 0.25) is 5.91 Å². The summed E-state index contributed by atoms with van der Waals surface area (Å²) < 4.78 is 5.31. The van der Waals surface area contributed by atoms with Gasteiger partial charge >= 0.3 is 0 Å². The van der Waals surface area contributed by atoms with Crippen LogP contribution < -0.4 is 15.8 Å². The van der Waals surface area contributed by atoms with E-state index in [0.717, 1.165) is 16.9 Å². The van der Waals surface area contributed by atoms with Crippen molar-refractivity contribution >= 4 is 11.6 Å². The molecule has 0 heterocycles. The summed E-state index contributed by atoms with van der Waals surface area (Å²) in [4.78, 5) is 12.1. The maximum atomic E-state index is 12.1. The van der Waals surface area contributed by atoms with E-state index in [1.54, 1.807) is 13.2 Å². The molecule has 110 valence electrons. The van der Waals surface area contributed by atoms with Gasteiger partial charge in [-0.2, -0.15) is 0 Å². The Kier molecular flexibility index (Phi) is 4.82. The van der Waals surface area contributed by atoms with E-state index in [2.05, 4.69) is 5.32 Å². The fourth-order valence-electron chi connectivity index (χ4n) is 2.28. The van der Waals surface area contributed by atoms with Crippen molar-refractivity contribution in [1.29, 1.82) is 0 Å². The van der Waals surface area contributed by atoms with Gasteiger partial charge in [0, 0.05) is 11.3 Å². The molecule has 0 aromatic heterocycles. The highest BCUT2D eigenvalue weighted by Gasteiger charge is 2.13. The zero-order valence-electron chi connectivity index (χ0n) is 12.3. The molecule has 0 fully saturated rings. The molecule has 0 spiro atoms. The topological polar surface area (TPSA) is 64.3 Å². The number of hydrogen-bond acceptors (Lipinski definition) is 3. The minimum atomic E-state index is -0.116. The summed E-state index contributed by atoms with van der Waals surface area (Å²) in [5, 5.41) is 2.98. The monoisotopic (exact) mass is 284 g/mol. The van der Waals surface area contributed by atoms with Crippen LogP contribution in [-0.2, 0) is 11.2 Å². The van der Waals surface area contributed by atoms with Crippen LogP contribution in [0.3, 0.4) is 0 Å². The van der Waals surface area contributed by atoms with Crippen molar-refractivity contribution in [2.24, 2.45) is 0 Å². The summed E-state index contributed by atoms with van der Waals surface area (Å²) in [6.07, 6.45) is 0.310. The molecule has 2 aromatic rings. The van der Waals surface area contributed by atoms with E-state index in [1.807, 2.05) is 49.4 Å². The summed E-state index contributed by atoms with van der Waals surface area (Å²) in [5.74, 6) is 0.730. The number of amides is 1. The first-order chi connectivity index (χ1) is 10.1. The third kappa shape index (κ3) is 3.99. The molecule has 0 unspecified atom stereocenters. The van der Waals surface area contributed by atoms with Crippen LogP contribution in [-0.4, -0.2) is 13.0 Å². The second-order valence-electron chi connectivity index (χ2n) is 4.95. The Morgan fingerprint density at radius 3 is 2.71 bits per heavy atom. The van der Waals surface area contributed by atoms with Gasteiger partial charge in [-0.3, -0.25) is 4.79 Å². The molecule has 2 rings (SSSR count). The molecule has 0 saturated carbocycles. The molecular weight excluding hydrogens is 264 g/mol. The van der Waals surface area contributed by atoms with Gasteiger partial charge in [0.1, 0.15) is 5.75 Å². The van der Waals surface area contributed by atoms with Crippen LogP contribution in [0, 0.1) is 0 Å². The molecule has 21 heavy (non-hydrogen) atoms. The molecule has 0 bridgehead atoms. The molecule has 0 aliphatic carbocycles. The third-order valence-corrected chi connectivity index (χ3v) is 3.30. The van der Waals surface area contributed by atoms with Crippen LogP contribution in [0.1, 0.15) is 24.1 Å². The molecule has 2 aromatic carbocycles. The minimum absolute atomic E-state index is 0.0426. The number of methoxy groups -OCH3 is 1. The van der Waals surface area contributed by atoms with Gasteiger partial charge < -0.3 is 15.8 Å². The van der Waals surface area contributed by atoms with Crippen LogP contribution in [0.25, 0.3) is 0 Å². The van der Waals surface area contributed by atoms with Crippen molar-refractivity contribution in [1.82, 2.24) is 5.32 Å². The average molecular weight is 284 g/mol. The molecule has 0 saturated heterocycles. The first kappa shape index (κ1) is 14.9. The van der Waals surface area contributed by atoms with E-state index in [-0.39, 0.29) is 11.9 Å². The largest absolute Gasteiger partial charge is 0.496 e. The zero-order chi connectivity index (χ0) is 15.2. The molecule has 1 amide bonds. The highest BCUT2D eigenvalue weighted by atomic mass is 16.5. The molecule has 4 heteroatoms. The standard InChI is InChI=1S/C17H20N2O2/c1-12(15-8-3-4-9-16(15)21-2)19-17(20)11-13-6-5-7-14(18)10-13/h3-10,12H,11,18H2,1-2H3,(H,19,20)/t12-/m0/s1. The predicted octanol–water partition coefficient (Wildman–Crippen LogP) is 2.70. The zero-order valence-corrected chi connectivity index (χ0v) is 12.3. The van der Waals surface area contributed by atoms with Crippen molar-refractivity contribution in [3.8, 4) is 5.75 Å². The van der Waals surface area contributed by atoms with E-state index in [4.69, 9.17) is 10.5 Å². The summed E-state index contributed by atoms with van der Waals surface area (Å²) in [6.45, 7) is 1.94. The number of nitrogens with two attached hydrogens (primary N) is 1. The number of ether oxygens (including phenoxy) is 1. The number of benzene rings is 2. The third-order valence-electron chi connectivity index (χ3n) is 3.30. The highest BCUT2D eigenvalue weighted by Crippen LogP contribution is 2.24. The fourth-order valence-corrected chi connectivity index (χ4v) is 2.28. The molecule has 0 aliphatic heterocycles. The molecule has 3 N–H and O–H groups in total. The van der Waals surface area contributed by atoms with E-state index in [0.29, 0.717) is 12.1 Å². The van der Waals surface area contributed by atoms with Crippen LogP contribution in [0.5, 0.6) is 5.75 Å². The Hall–Kier alpha value is -2.49. The van der Waals surface area contributed by atoms with Gasteiger partial charge in [0.05, 0.1) is 19.6 Å². The first-order valence-corrected chi connectivity index (χ1v) is 6.87. The second-order valence-corrected chi connectivity index (χ2v) is 4.95. The van der Waals surface area contributed by atoms with Crippen molar-refractivity contribution < 1.29 is 9.53 Å². The van der Waals surface area contributed by atoms with Crippen LogP contribution in [0.2, 0.25) is 0 Å². The van der Waals surface area contributed by atoms with Crippen LogP contribution in [0.4, 0.5) is 5.69 Å². The smallest absolute Gasteiger partial charge is 0.224 e. The lowest BCUT2D eigenvalue weighted by molar-refractivity contribution is -0.121.